The SMILES string of the molecule is CCc1ccc(N2CCN(CC3CC3)CC2)cc1CC. The first kappa shape index (κ1) is 13.9. The summed E-state index contributed by atoms with van der Waals surface area (Å²) in [6.07, 6.45) is 5.24. The van der Waals surface area contributed by atoms with Crippen LogP contribution in [0.1, 0.15) is 37.8 Å². The molecule has 0 atom stereocenters. The number of rotatable bonds is 5. The molecule has 0 amide bonds. The van der Waals surface area contributed by atoms with Crippen LogP contribution in [0, 0.1) is 5.92 Å². The predicted octanol–water partition coefficient (Wildman–Crippen LogP) is 3.34. The molecular formula is C18H28N2. The minimum absolute atomic E-state index is 1.03. The Morgan fingerprint density at radius 3 is 2.25 bits per heavy atom. The molecule has 0 aromatic heterocycles. The maximum Gasteiger partial charge on any atom is 0.0370 e. The van der Waals surface area contributed by atoms with E-state index in [1.807, 2.05) is 0 Å². The first-order valence-corrected chi connectivity index (χ1v) is 8.39. The van der Waals surface area contributed by atoms with Crippen molar-refractivity contribution in [1.29, 1.82) is 0 Å². The highest BCUT2D eigenvalue weighted by molar-refractivity contribution is 5.51. The molecule has 20 heavy (non-hydrogen) atoms. The molecule has 1 heterocycles. The average molecular weight is 272 g/mol. The van der Waals surface area contributed by atoms with Crippen molar-refractivity contribution in [3.05, 3.63) is 29.3 Å². The first-order valence-electron chi connectivity index (χ1n) is 8.39. The lowest BCUT2D eigenvalue weighted by Crippen LogP contribution is -2.47. The van der Waals surface area contributed by atoms with Gasteiger partial charge in [0.1, 0.15) is 0 Å². The molecule has 110 valence electrons. The molecule has 0 bridgehead atoms. The molecule has 0 radical (unpaired) electrons. The number of hydrogen-bond acceptors (Lipinski definition) is 2. The van der Waals surface area contributed by atoms with Crippen molar-refractivity contribution >= 4 is 5.69 Å². The molecule has 2 fully saturated rings. The van der Waals surface area contributed by atoms with E-state index in [9.17, 15) is 0 Å². The van der Waals surface area contributed by atoms with Gasteiger partial charge >= 0.3 is 0 Å². The summed E-state index contributed by atoms with van der Waals surface area (Å²) in [6, 6.07) is 7.09. The molecule has 1 aromatic rings. The number of benzene rings is 1. The summed E-state index contributed by atoms with van der Waals surface area (Å²) in [5.41, 5.74) is 4.49. The van der Waals surface area contributed by atoms with Gasteiger partial charge in [0.2, 0.25) is 0 Å². The topological polar surface area (TPSA) is 6.48 Å². The van der Waals surface area contributed by atoms with Gasteiger partial charge in [-0.25, -0.2) is 0 Å². The Morgan fingerprint density at radius 2 is 1.65 bits per heavy atom. The Labute approximate surface area is 123 Å². The smallest absolute Gasteiger partial charge is 0.0370 e. The summed E-state index contributed by atoms with van der Waals surface area (Å²) in [7, 11) is 0. The lowest BCUT2D eigenvalue weighted by molar-refractivity contribution is 0.248. The number of hydrogen-bond donors (Lipinski definition) is 0. The largest absolute Gasteiger partial charge is 0.369 e. The number of aryl methyl sites for hydroxylation is 2. The highest BCUT2D eigenvalue weighted by Gasteiger charge is 2.26. The lowest BCUT2D eigenvalue weighted by Gasteiger charge is -2.36. The summed E-state index contributed by atoms with van der Waals surface area (Å²) >= 11 is 0. The van der Waals surface area contributed by atoms with Crippen molar-refractivity contribution in [1.82, 2.24) is 4.90 Å². The van der Waals surface area contributed by atoms with Crippen molar-refractivity contribution in [2.45, 2.75) is 39.5 Å². The van der Waals surface area contributed by atoms with E-state index < -0.39 is 0 Å². The molecule has 2 nitrogen and oxygen atoms in total. The van der Waals surface area contributed by atoms with E-state index in [-0.39, 0.29) is 0 Å². The normalized spacial score (nSPS) is 20.4. The zero-order valence-corrected chi connectivity index (χ0v) is 13.1. The van der Waals surface area contributed by atoms with Crippen LogP contribution in [-0.4, -0.2) is 37.6 Å². The van der Waals surface area contributed by atoms with Crippen LogP contribution in [-0.2, 0) is 12.8 Å². The molecule has 2 heteroatoms. The Kier molecular flexibility index (Phi) is 4.30. The van der Waals surface area contributed by atoms with Crippen LogP contribution in [0.25, 0.3) is 0 Å². The van der Waals surface area contributed by atoms with Crippen LogP contribution in [0.3, 0.4) is 0 Å². The van der Waals surface area contributed by atoms with Gasteiger partial charge in [-0.15, -0.1) is 0 Å². The van der Waals surface area contributed by atoms with Crippen molar-refractivity contribution < 1.29 is 0 Å². The van der Waals surface area contributed by atoms with E-state index in [1.54, 1.807) is 0 Å². The van der Waals surface area contributed by atoms with Crippen LogP contribution < -0.4 is 4.90 Å². The number of anilines is 1. The Bertz CT molecular complexity index is 443. The fourth-order valence-electron chi connectivity index (χ4n) is 3.34. The molecule has 1 aliphatic heterocycles. The molecule has 1 saturated heterocycles. The van der Waals surface area contributed by atoms with Crippen LogP contribution in [0.4, 0.5) is 5.69 Å². The maximum atomic E-state index is 2.66. The van der Waals surface area contributed by atoms with Gasteiger partial charge in [-0.1, -0.05) is 19.9 Å². The van der Waals surface area contributed by atoms with Crippen molar-refractivity contribution in [3.63, 3.8) is 0 Å². The minimum Gasteiger partial charge on any atom is -0.369 e. The number of piperazine rings is 1. The Hall–Kier alpha value is -1.02. The minimum atomic E-state index is 1.03. The molecule has 1 aliphatic carbocycles. The van der Waals surface area contributed by atoms with Gasteiger partial charge in [-0.3, -0.25) is 4.90 Å². The van der Waals surface area contributed by atoms with Gasteiger partial charge < -0.3 is 4.90 Å². The monoisotopic (exact) mass is 272 g/mol. The quantitative estimate of drug-likeness (QED) is 0.811. The van der Waals surface area contributed by atoms with E-state index in [2.05, 4.69) is 41.8 Å². The summed E-state index contributed by atoms with van der Waals surface area (Å²) in [5, 5.41) is 0. The third-order valence-corrected chi connectivity index (χ3v) is 4.90. The zero-order chi connectivity index (χ0) is 13.9. The second-order valence-electron chi connectivity index (χ2n) is 6.39. The van der Waals surface area contributed by atoms with Crippen molar-refractivity contribution in [3.8, 4) is 0 Å². The van der Waals surface area contributed by atoms with Crippen LogP contribution in [0.2, 0.25) is 0 Å². The third-order valence-electron chi connectivity index (χ3n) is 4.90. The Morgan fingerprint density at radius 1 is 0.950 bits per heavy atom. The molecule has 2 aliphatic rings. The fraction of sp³-hybridized carbons (Fsp3) is 0.667. The standard InChI is InChI=1S/C18H28N2/c1-3-16-7-8-18(13-17(16)4-2)20-11-9-19(10-12-20)14-15-5-6-15/h7-8,13,15H,3-6,9-12,14H2,1-2H3. The van der Waals surface area contributed by atoms with Gasteiger partial charge in [-0.2, -0.15) is 0 Å². The highest BCUT2D eigenvalue weighted by atomic mass is 15.3. The summed E-state index contributed by atoms with van der Waals surface area (Å²) < 4.78 is 0. The van der Waals surface area contributed by atoms with Crippen LogP contribution in [0.15, 0.2) is 18.2 Å². The third kappa shape index (κ3) is 3.17. The van der Waals surface area contributed by atoms with Gasteiger partial charge in [0, 0.05) is 38.4 Å². The molecule has 0 spiro atoms. The molecule has 3 rings (SSSR count). The average Bonchev–Trinajstić information content (AvgIpc) is 3.31. The van der Waals surface area contributed by atoms with E-state index >= 15 is 0 Å². The summed E-state index contributed by atoms with van der Waals surface area (Å²) in [4.78, 5) is 5.23. The number of nitrogens with zero attached hydrogens (tertiary/aromatic N) is 2. The van der Waals surface area contributed by atoms with E-state index in [0.29, 0.717) is 0 Å². The van der Waals surface area contributed by atoms with Crippen molar-refractivity contribution in [2.24, 2.45) is 5.92 Å². The molecule has 1 aromatic carbocycles. The van der Waals surface area contributed by atoms with Crippen LogP contribution >= 0.6 is 0 Å². The fourth-order valence-corrected chi connectivity index (χ4v) is 3.34. The summed E-state index contributed by atoms with van der Waals surface area (Å²) in [5.74, 6) is 1.03. The van der Waals surface area contributed by atoms with Crippen molar-refractivity contribution in [2.75, 3.05) is 37.6 Å². The molecule has 1 saturated carbocycles. The van der Waals surface area contributed by atoms with Gasteiger partial charge in [0.15, 0.2) is 0 Å². The lowest BCUT2D eigenvalue weighted by atomic mass is 10.0. The summed E-state index contributed by atoms with van der Waals surface area (Å²) in [6.45, 7) is 10.8. The van der Waals surface area contributed by atoms with Gasteiger partial charge in [0.05, 0.1) is 0 Å². The Balaban J connectivity index is 1.61. The van der Waals surface area contributed by atoms with E-state index in [4.69, 9.17) is 0 Å². The van der Waals surface area contributed by atoms with Gasteiger partial charge in [-0.05, 0) is 54.9 Å². The second-order valence-corrected chi connectivity index (χ2v) is 6.39. The maximum absolute atomic E-state index is 2.66. The van der Waals surface area contributed by atoms with Crippen LogP contribution in [0.5, 0.6) is 0 Å². The molecule has 0 N–H and O–H groups in total. The van der Waals surface area contributed by atoms with E-state index in [0.717, 1.165) is 18.8 Å². The van der Waals surface area contributed by atoms with Gasteiger partial charge in [0.25, 0.3) is 0 Å². The molecule has 0 unspecified atom stereocenters. The highest BCUT2D eigenvalue weighted by Crippen LogP contribution is 2.30. The first-order chi connectivity index (χ1) is 9.80. The molecular weight excluding hydrogens is 244 g/mol. The van der Waals surface area contributed by atoms with E-state index in [1.165, 1.54) is 62.4 Å². The zero-order valence-electron chi connectivity index (χ0n) is 13.1. The second kappa shape index (κ2) is 6.17. The predicted molar refractivity (Wildman–Crippen MR) is 86.6 cm³/mol.